The van der Waals surface area contributed by atoms with Crippen LogP contribution < -0.4 is 0 Å². The van der Waals surface area contributed by atoms with Gasteiger partial charge in [-0.15, -0.1) is 5.11 Å². The number of methoxy groups -OCH3 is 1. The standard InChI is InChI=1S/C9H16N2O/c1-6-8(7(2)3)9(12-5)11-10-4/h6-7H,1H2,2-5H3/b9-8-,11-10?. The van der Waals surface area contributed by atoms with E-state index >= 15 is 0 Å². The molecule has 0 heterocycles. The lowest BCUT2D eigenvalue weighted by Crippen LogP contribution is -1.96. The number of azo groups is 1. The van der Waals surface area contributed by atoms with Gasteiger partial charge in [0.1, 0.15) is 0 Å². The quantitative estimate of drug-likeness (QED) is 0.361. The number of rotatable bonds is 4. The minimum Gasteiger partial charge on any atom is -0.480 e. The van der Waals surface area contributed by atoms with Crippen molar-refractivity contribution < 1.29 is 4.74 Å². The van der Waals surface area contributed by atoms with E-state index in [4.69, 9.17) is 4.74 Å². The van der Waals surface area contributed by atoms with Crippen molar-refractivity contribution in [3.05, 3.63) is 24.1 Å². The summed E-state index contributed by atoms with van der Waals surface area (Å²) in [7, 11) is 3.19. The Bertz CT molecular complexity index is 205. The number of nitrogens with zero attached hydrogens (tertiary/aromatic N) is 2. The van der Waals surface area contributed by atoms with Gasteiger partial charge in [0.05, 0.1) is 7.11 Å². The van der Waals surface area contributed by atoms with E-state index in [1.807, 2.05) is 0 Å². The van der Waals surface area contributed by atoms with Gasteiger partial charge < -0.3 is 4.74 Å². The van der Waals surface area contributed by atoms with E-state index in [0.29, 0.717) is 11.8 Å². The Morgan fingerprint density at radius 1 is 1.50 bits per heavy atom. The van der Waals surface area contributed by atoms with Crippen LogP contribution in [0.5, 0.6) is 0 Å². The van der Waals surface area contributed by atoms with Gasteiger partial charge in [-0.1, -0.05) is 26.5 Å². The third-order valence-electron chi connectivity index (χ3n) is 1.47. The van der Waals surface area contributed by atoms with Gasteiger partial charge in [-0.3, -0.25) is 0 Å². The molecule has 0 aromatic carbocycles. The van der Waals surface area contributed by atoms with Crippen LogP contribution in [0.2, 0.25) is 0 Å². The fourth-order valence-corrected chi connectivity index (χ4v) is 0.877. The average Bonchev–Trinajstić information content (AvgIpc) is 2.03. The molecule has 0 aromatic heterocycles. The van der Waals surface area contributed by atoms with Crippen molar-refractivity contribution in [1.82, 2.24) is 0 Å². The second kappa shape index (κ2) is 5.52. The molecule has 0 aliphatic rings. The maximum atomic E-state index is 5.05. The summed E-state index contributed by atoms with van der Waals surface area (Å²) in [5, 5.41) is 7.50. The summed E-state index contributed by atoms with van der Waals surface area (Å²) in [6.07, 6.45) is 1.75. The first-order valence-corrected chi connectivity index (χ1v) is 3.87. The smallest absolute Gasteiger partial charge is 0.236 e. The molecule has 0 atom stereocenters. The highest BCUT2D eigenvalue weighted by Gasteiger charge is 2.06. The van der Waals surface area contributed by atoms with Crippen LogP contribution in [0.1, 0.15) is 13.8 Å². The highest BCUT2D eigenvalue weighted by Crippen LogP contribution is 2.17. The molecule has 0 fully saturated rings. The summed E-state index contributed by atoms with van der Waals surface area (Å²) in [4.78, 5) is 0. The number of hydrogen-bond acceptors (Lipinski definition) is 3. The Morgan fingerprint density at radius 2 is 2.08 bits per heavy atom. The van der Waals surface area contributed by atoms with Crippen molar-refractivity contribution in [2.75, 3.05) is 14.2 Å². The lowest BCUT2D eigenvalue weighted by Gasteiger charge is -2.08. The Morgan fingerprint density at radius 3 is 2.33 bits per heavy atom. The Hall–Kier alpha value is -1.12. The molecule has 0 aliphatic carbocycles. The van der Waals surface area contributed by atoms with E-state index < -0.39 is 0 Å². The van der Waals surface area contributed by atoms with Gasteiger partial charge in [0.25, 0.3) is 0 Å². The van der Waals surface area contributed by atoms with Crippen molar-refractivity contribution in [3.8, 4) is 0 Å². The highest BCUT2D eigenvalue weighted by molar-refractivity contribution is 5.21. The first-order valence-electron chi connectivity index (χ1n) is 3.87. The molecule has 3 heteroatoms. The molecular formula is C9H16N2O. The molecule has 0 spiro atoms. The summed E-state index contributed by atoms with van der Waals surface area (Å²) in [5.41, 5.74) is 0.975. The van der Waals surface area contributed by atoms with Gasteiger partial charge in [0, 0.05) is 12.6 Å². The summed E-state index contributed by atoms with van der Waals surface area (Å²) >= 11 is 0. The van der Waals surface area contributed by atoms with E-state index in [1.165, 1.54) is 0 Å². The minimum absolute atomic E-state index is 0.350. The predicted molar refractivity (Wildman–Crippen MR) is 49.9 cm³/mol. The molecule has 3 nitrogen and oxygen atoms in total. The van der Waals surface area contributed by atoms with Crippen molar-refractivity contribution >= 4 is 0 Å². The lowest BCUT2D eigenvalue weighted by atomic mass is 10.0. The minimum atomic E-state index is 0.350. The first kappa shape index (κ1) is 10.9. The zero-order valence-electron chi connectivity index (χ0n) is 8.16. The second-order valence-corrected chi connectivity index (χ2v) is 2.62. The molecule has 0 unspecified atom stereocenters. The van der Waals surface area contributed by atoms with Gasteiger partial charge in [-0.05, 0) is 5.92 Å². The molecule has 0 rings (SSSR count). The van der Waals surface area contributed by atoms with Gasteiger partial charge in [0.15, 0.2) is 0 Å². The van der Waals surface area contributed by atoms with Gasteiger partial charge in [-0.25, -0.2) is 0 Å². The first-order chi connectivity index (χ1) is 5.67. The summed E-state index contributed by atoms with van der Waals surface area (Å²) in [6, 6.07) is 0. The van der Waals surface area contributed by atoms with E-state index in [9.17, 15) is 0 Å². The largest absolute Gasteiger partial charge is 0.480 e. The molecule has 0 aliphatic heterocycles. The van der Waals surface area contributed by atoms with Crippen molar-refractivity contribution in [2.45, 2.75) is 13.8 Å². The Kier molecular flexibility index (Phi) is 5.00. The van der Waals surface area contributed by atoms with Crippen LogP contribution in [0.3, 0.4) is 0 Å². The van der Waals surface area contributed by atoms with Crippen molar-refractivity contribution in [3.63, 3.8) is 0 Å². The zero-order valence-corrected chi connectivity index (χ0v) is 8.16. The predicted octanol–water partition coefficient (Wildman–Crippen LogP) is 2.77. The van der Waals surface area contributed by atoms with Crippen molar-refractivity contribution in [1.29, 1.82) is 0 Å². The van der Waals surface area contributed by atoms with E-state index in [1.54, 1.807) is 20.2 Å². The van der Waals surface area contributed by atoms with Crippen LogP contribution in [0.15, 0.2) is 34.3 Å². The molecule has 0 radical (unpaired) electrons. The third kappa shape index (κ3) is 2.86. The van der Waals surface area contributed by atoms with Gasteiger partial charge in [-0.2, -0.15) is 5.11 Å². The van der Waals surface area contributed by atoms with Gasteiger partial charge in [0.2, 0.25) is 5.88 Å². The summed E-state index contributed by atoms with van der Waals surface area (Å²) in [6.45, 7) is 7.81. The lowest BCUT2D eigenvalue weighted by molar-refractivity contribution is 0.276. The van der Waals surface area contributed by atoms with E-state index in [2.05, 4.69) is 30.7 Å². The summed E-state index contributed by atoms with van der Waals surface area (Å²) in [5.74, 6) is 0.894. The third-order valence-corrected chi connectivity index (χ3v) is 1.47. The molecule has 0 bridgehead atoms. The average molecular weight is 168 g/mol. The van der Waals surface area contributed by atoms with Crippen LogP contribution >= 0.6 is 0 Å². The fraction of sp³-hybridized carbons (Fsp3) is 0.556. The Labute approximate surface area is 73.8 Å². The maximum absolute atomic E-state index is 5.05. The number of ether oxygens (including phenoxy) is 1. The molecule has 0 saturated carbocycles. The molecule has 0 amide bonds. The SMILES string of the molecule is C=C/C(=C(\N=NC)OC)C(C)C. The van der Waals surface area contributed by atoms with E-state index in [-0.39, 0.29) is 0 Å². The zero-order chi connectivity index (χ0) is 9.56. The van der Waals surface area contributed by atoms with Crippen LogP contribution in [-0.4, -0.2) is 14.2 Å². The number of allylic oxidation sites excluding steroid dienone is 2. The topological polar surface area (TPSA) is 34.0 Å². The Balaban J connectivity index is 4.86. The maximum Gasteiger partial charge on any atom is 0.236 e. The monoisotopic (exact) mass is 168 g/mol. The molecule has 68 valence electrons. The molecular weight excluding hydrogens is 152 g/mol. The second-order valence-electron chi connectivity index (χ2n) is 2.62. The number of hydrogen-bond donors (Lipinski definition) is 0. The van der Waals surface area contributed by atoms with Crippen LogP contribution in [0.25, 0.3) is 0 Å². The fourth-order valence-electron chi connectivity index (χ4n) is 0.877. The van der Waals surface area contributed by atoms with Crippen LogP contribution in [0.4, 0.5) is 0 Å². The molecule has 0 saturated heterocycles. The molecule has 0 aromatic rings. The van der Waals surface area contributed by atoms with Crippen LogP contribution in [-0.2, 0) is 4.74 Å². The molecule has 12 heavy (non-hydrogen) atoms. The molecule has 0 N–H and O–H groups in total. The summed E-state index contributed by atoms with van der Waals surface area (Å²) < 4.78 is 5.05. The van der Waals surface area contributed by atoms with Crippen LogP contribution in [0, 0.1) is 5.92 Å². The van der Waals surface area contributed by atoms with Crippen molar-refractivity contribution in [2.24, 2.45) is 16.1 Å². The normalized spacial score (nSPS) is 13.4. The highest BCUT2D eigenvalue weighted by atomic mass is 16.5. The van der Waals surface area contributed by atoms with Gasteiger partial charge >= 0.3 is 0 Å². The van der Waals surface area contributed by atoms with E-state index in [0.717, 1.165) is 5.57 Å².